The highest BCUT2D eigenvalue weighted by Gasteiger charge is 2.31. The van der Waals surface area contributed by atoms with Crippen molar-refractivity contribution in [2.75, 3.05) is 11.9 Å². The number of unbranched alkanes of at least 4 members (excludes halogenated alkanes) is 2. The highest BCUT2D eigenvalue weighted by atomic mass is 35.5. The molecule has 2 amide bonds. The summed E-state index contributed by atoms with van der Waals surface area (Å²) in [5.74, 6) is 0.747. The van der Waals surface area contributed by atoms with Crippen LogP contribution in [-0.4, -0.2) is 38.7 Å². The average Bonchev–Trinajstić information content (AvgIpc) is 3.54. The Balaban J connectivity index is 1.01. The van der Waals surface area contributed by atoms with Gasteiger partial charge in [-0.3, -0.25) is 14.5 Å². The average molecular weight is 675 g/mol. The third-order valence-corrected chi connectivity index (χ3v) is 10.4. The van der Waals surface area contributed by atoms with E-state index in [2.05, 4.69) is 10.3 Å². The van der Waals surface area contributed by atoms with E-state index in [9.17, 15) is 9.59 Å². The molecule has 2 heterocycles. The first-order valence-corrected chi connectivity index (χ1v) is 17.3. The Morgan fingerprint density at radius 3 is 2.63 bits per heavy atom. The lowest BCUT2D eigenvalue weighted by Gasteiger charge is -2.22. The normalized spacial score (nSPS) is 16.7. The van der Waals surface area contributed by atoms with E-state index < -0.39 is 0 Å². The second-order valence-electron chi connectivity index (χ2n) is 10.7. The lowest BCUT2D eigenvalue weighted by atomic mass is 9.98. The summed E-state index contributed by atoms with van der Waals surface area (Å²) in [4.78, 5) is 33.1. The smallest absolute Gasteiger partial charge is 0.266 e. The molecule has 5 rings (SSSR count). The summed E-state index contributed by atoms with van der Waals surface area (Å²) in [6, 6.07) is 13.5. The van der Waals surface area contributed by atoms with Crippen LogP contribution in [0.3, 0.4) is 0 Å². The van der Waals surface area contributed by atoms with Gasteiger partial charge in [0.1, 0.15) is 10.1 Å². The third kappa shape index (κ3) is 9.28. The van der Waals surface area contributed by atoms with Crippen LogP contribution in [-0.2, 0) is 16.0 Å². The summed E-state index contributed by atoms with van der Waals surface area (Å²) >= 11 is 20.4. The fourth-order valence-electron chi connectivity index (χ4n) is 5.07. The molecular weight excluding hydrogens is 641 g/mol. The van der Waals surface area contributed by atoms with Gasteiger partial charge in [0.2, 0.25) is 5.91 Å². The number of carbonyl (C=O) groups excluding carboxylic acids is 2. The van der Waals surface area contributed by atoms with Gasteiger partial charge in [0, 0.05) is 30.5 Å². The molecule has 2 aromatic carbocycles. The van der Waals surface area contributed by atoms with E-state index >= 15 is 0 Å². The zero-order chi connectivity index (χ0) is 30.2. The number of aromatic nitrogens is 1. The van der Waals surface area contributed by atoms with E-state index in [1.807, 2.05) is 42.5 Å². The monoisotopic (exact) mass is 673 g/mol. The molecule has 3 aromatic rings. The predicted molar refractivity (Wildman–Crippen MR) is 182 cm³/mol. The maximum atomic E-state index is 13.0. The standard InChI is InChI=1S/C32H33Cl2N3O3S3/c33-26-15-12-22(18-27(26)34)17-25-20-35-31(42-25)36-29(38)9-5-2-6-16-37-30(39)28(43-32(37)41)19-21-10-13-24(14-11-21)40-23-7-3-1-4-8-23/h10-15,18-20,23H,1-9,16-17H2,(H,35,36,38)/b28-19-. The molecule has 1 aliphatic heterocycles. The predicted octanol–water partition coefficient (Wildman–Crippen LogP) is 9.15. The van der Waals surface area contributed by atoms with Crippen molar-refractivity contribution in [3.63, 3.8) is 0 Å². The van der Waals surface area contributed by atoms with Gasteiger partial charge < -0.3 is 10.1 Å². The van der Waals surface area contributed by atoms with Crippen molar-refractivity contribution >= 4 is 85.9 Å². The first-order chi connectivity index (χ1) is 20.8. The van der Waals surface area contributed by atoms with E-state index in [0.29, 0.717) is 56.3 Å². The summed E-state index contributed by atoms with van der Waals surface area (Å²) in [7, 11) is 0. The van der Waals surface area contributed by atoms with Crippen LogP contribution in [0.25, 0.3) is 6.08 Å². The molecule has 1 N–H and O–H groups in total. The second-order valence-corrected chi connectivity index (χ2v) is 14.3. The Hall–Kier alpha value is -2.43. The lowest BCUT2D eigenvalue weighted by Crippen LogP contribution is -2.29. The molecule has 1 saturated carbocycles. The molecule has 0 atom stereocenters. The Bertz CT molecular complexity index is 1490. The number of anilines is 1. The van der Waals surface area contributed by atoms with Crippen LogP contribution in [0.5, 0.6) is 5.75 Å². The fourth-order valence-corrected chi connectivity index (χ4v) is 7.57. The number of thiocarbonyl (C=S) groups is 1. The molecule has 6 nitrogen and oxygen atoms in total. The van der Waals surface area contributed by atoms with Gasteiger partial charge in [-0.1, -0.05) is 78.2 Å². The summed E-state index contributed by atoms with van der Waals surface area (Å²) in [5.41, 5.74) is 1.98. The first-order valence-electron chi connectivity index (χ1n) is 14.5. The van der Waals surface area contributed by atoms with Gasteiger partial charge in [-0.2, -0.15) is 0 Å². The molecule has 0 unspecified atom stereocenters. The molecule has 1 saturated heterocycles. The number of amides is 2. The molecule has 1 aliphatic carbocycles. The topological polar surface area (TPSA) is 71.5 Å². The van der Waals surface area contributed by atoms with Gasteiger partial charge >= 0.3 is 0 Å². The molecule has 1 aromatic heterocycles. The minimum atomic E-state index is -0.0702. The Kier molecular flexibility index (Phi) is 11.5. The summed E-state index contributed by atoms with van der Waals surface area (Å²) in [6.45, 7) is 0.544. The van der Waals surface area contributed by atoms with Gasteiger partial charge in [-0.15, -0.1) is 11.3 Å². The molecule has 0 radical (unpaired) electrons. The van der Waals surface area contributed by atoms with Crippen molar-refractivity contribution in [3.05, 3.63) is 79.6 Å². The van der Waals surface area contributed by atoms with Crippen molar-refractivity contribution < 1.29 is 14.3 Å². The number of hydrogen-bond acceptors (Lipinski definition) is 7. The van der Waals surface area contributed by atoms with Gasteiger partial charge in [-0.05, 0) is 80.0 Å². The van der Waals surface area contributed by atoms with Crippen LogP contribution in [0, 0.1) is 0 Å². The van der Waals surface area contributed by atoms with Crippen molar-refractivity contribution in [1.82, 2.24) is 9.88 Å². The van der Waals surface area contributed by atoms with E-state index in [0.717, 1.165) is 47.4 Å². The molecule has 2 aliphatic rings. The lowest BCUT2D eigenvalue weighted by molar-refractivity contribution is -0.122. The van der Waals surface area contributed by atoms with Gasteiger partial charge in [0.25, 0.3) is 5.91 Å². The van der Waals surface area contributed by atoms with Crippen molar-refractivity contribution in [3.8, 4) is 5.75 Å². The minimum Gasteiger partial charge on any atom is -0.490 e. The number of nitrogens with zero attached hydrogens (tertiary/aromatic N) is 2. The van der Waals surface area contributed by atoms with Crippen LogP contribution in [0.15, 0.2) is 53.6 Å². The number of halogens is 2. The number of nitrogens with one attached hydrogen (secondary N) is 1. The van der Waals surface area contributed by atoms with Crippen LogP contribution in [0.4, 0.5) is 5.13 Å². The largest absolute Gasteiger partial charge is 0.490 e. The zero-order valence-electron chi connectivity index (χ0n) is 23.7. The van der Waals surface area contributed by atoms with Crippen LogP contribution >= 0.6 is 58.5 Å². The Morgan fingerprint density at radius 1 is 1.07 bits per heavy atom. The molecule has 11 heteroatoms. The van der Waals surface area contributed by atoms with Gasteiger partial charge in [0.05, 0.1) is 21.1 Å². The number of rotatable bonds is 12. The number of benzene rings is 2. The van der Waals surface area contributed by atoms with Crippen LogP contribution in [0.1, 0.15) is 73.8 Å². The van der Waals surface area contributed by atoms with Gasteiger partial charge in [0.15, 0.2) is 5.13 Å². The van der Waals surface area contributed by atoms with E-state index in [1.54, 1.807) is 17.2 Å². The number of ether oxygens (including phenoxy) is 1. The Morgan fingerprint density at radius 2 is 1.86 bits per heavy atom. The van der Waals surface area contributed by atoms with Crippen molar-refractivity contribution in [2.24, 2.45) is 0 Å². The molecular formula is C32H33Cl2N3O3S3. The van der Waals surface area contributed by atoms with Crippen LogP contribution < -0.4 is 10.1 Å². The maximum absolute atomic E-state index is 13.0. The third-order valence-electron chi connectivity index (χ3n) is 7.35. The first kappa shape index (κ1) is 32.0. The fraction of sp³-hybridized carbons (Fsp3) is 0.375. The van der Waals surface area contributed by atoms with E-state index in [4.69, 9.17) is 40.2 Å². The van der Waals surface area contributed by atoms with E-state index in [-0.39, 0.29) is 11.8 Å². The molecule has 2 fully saturated rings. The molecule has 0 spiro atoms. The highest BCUT2D eigenvalue weighted by Crippen LogP contribution is 2.33. The number of thiazole rings is 1. The molecule has 43 heavy (non-hydrogen) atoms. The number of hydrogen-bond donors (Lipinski definition) is 1. The SMILES string of the molecule is O=C(CCCCCN1C(=O)/C(=C/c2ccc(OC3CCCCC3)cc2)SC1=S)Nc1ncc(Cc2ccc(Cl)c(Cl)c2)s1. The van der Waals surface area contributed by atoms with Crippen molar-refractivity contribution in [2.45, 2.75) is 70.3 Å². The van der Waals surface area contributed by atoms with Gasteiger partial charge in [-0.25, -0.2) is 4.98 Å². The molecule has 226 valence electrons. The van der Waals surface area contributed by atoms with Crippen molar-refractivity contribution in [1.29, 1.82) is 0 Å². The highest BCUT2D eigenvalue weighted by molar-refractivity contribution is 8.26. The number of carbonyl (C=O) groups is 2. The summed E-state index contributed by atoms with van der Waals surface area (Å²) in [5, 5.41) is 4.51. The summed E-state index contributed by atoms with van der Waals surface area (Å²) < 4.78 is 6.69. The quantitative estimate of drug-likeness (QED) is 0.117. The van der Waals surface area contributed by atoms with Crippen LogP contribution in [0.2, 0.25) is 10.0 Å². The zero-order valence-corrected chi connectivity index (χ0v) is 27.6. The number of thioether (sulfide) groups is 1. The summed E-state index contributed by atoms with van der Waals surface area (Å²) in [6.07, 6.45) is 13.3. The maximum Gasteiger partial charge on any atom is 0.266 e. The van der Waals surface area contributed by atoms with E-state index in [1.165, 1.54) is 42.4 Å². The second kappa shape index (κ2) is 15.5. The molecule has 0 bridgehead atoms. The Labute approximate surface area is 276 Å². The minimum absolute atomic E-state index is 0.0595.